The Balaban J connectivity index is 1.36. The van der Waals surface area contributed by atoms with Crippen LogP contribution >= 0.6 is 11.3 Å². The lowest BCUT2D eigenvalue weighted by Crippen LogP contribution is -2.37. The Labute approximate surface area is 173 Å². The second kappa shape index (κ2) is 7.38. The number of hydrogen-bond acceptors (Lipinski definition) is 8. The average Bonchev–Trinajstić information content (AvgIpc) is 3.45. The Kier molecular flexibility index (Phi) is 4.71. The van der Waals surface area contributed by atoms with Crippen LogP contribution in [0.5, 0.6) is 0 Å². The monoisotopic (exact) mass is 411 g/mol. The normalized spacial score (nSPS) is 26.6. The number of rotatable bonds is 4. The Morgan fingerprint density at radius 1 is 1.21 bits per heavy atom. The van der Waals surface area contributed by atoms with Gasteiger partial charge in [-0.1, -0.05) is 11.3 Å². The minimum atomic E-state index is 0.131. The number of thiophene rings is 1. The maximum Gasteiger partial charge on any atom is 0.222 e. The Bertz CT molecular complexity index is 968. The summed E-state index contributed by atoms with van der Waals surface area (Å²) in [6.07, 6.45) is 4.22. The molecule has 0 spiro atoms. The maximum absolute atomic E-state index is 5.90. The van der Waals surface area contributed by atoms with E-state index in [0.29, 0.717) is 17.8 Å². The van der Waals surface area contributed by atoms with E-state index in [2.05, 4.69) is 42.8 Å². The van der Waals surface area contributed by atoms with Crippen molar-refractivity contribution in [1.29, 1.82) is 0 Å². The summed E-state index contributed by atoms with van der Waals surface area (Å²) >= 11 is 1.68. The van der Waals surface area contributed by atoms with Crippen LogP contribution < -0.4 is 10.6 Å². The molecule has 9 heteroatoms. The molecule has 8 nitrogen and oxygen atoms in total. The van der Waals surface area contributed by atoms with Crippen LogP contribution in [0.1, 0.15) is 24.6 Å². The molecule has 3 aromatic rings. The highest BCUT2D eigenvalue weighted by Crippen LogP contribution is 2.43. The van der Waals surface area contributed by atoms with Gasteiger partial charge >= 0.3 is 0 Å². The summed E-state index contributed by atoms with van der Waals surface area (Å²) in [5, 5.41) is 10.9. The van der Waals surface area contributed by atoms with E-state index in [1.54, 1.807) is 18.4 Å². The molecule has 1 aliphatic carbocycles. The van der Waals surface area contributed by atoms with Crippen LogP contribution in [-0.4, -0.2) is 51.3 Å². The molecular formula is C20H25N7OS. The van der Waals surface area contributed by atoms with Crippen LogP contribution in [0.4, 0.5) is 11.8 Å². The van der Waals surface area contributed by atoms with Crippen LogP contribution in [0.25, 0.3) is 10.6 Å². The number of nitrogens with zero attached hydrogens (tertiary/aromatic N) is 6. The first-order valence-corrected chi connectivity index (χ1v) is 10.8. The minimum Gasteiger partial charge on any atom is -0.379 e. The van der Waals surface area contributed by atoms with Gasteiger partial charge in [0.25, 0.3) is 0 Å². The van der Waals surface area contributed by atoms with Gasteiger partial charge in [0.05, 0.1) is 23.2 Å². The third kappa shape index (κ3) is 3.49. The molecule has 152 valence electrons. The van der Waals surface area contributed by atoms with Crippen LogP contribution in [0, 0.1) is 18.8 Å². The Hall–Kier alpha value is -2.52. The molecule has 0 amide bonds. The molecule has 2 N–H and O–H groups in total. The van der Waals surface area contributed by atoms with Gasteiger partial charge in [0.15, 0.2) is 0 Å². The zero-order valence-corrected chi connectivity index (χ0v) is 17.4. The topological polar surface area (TPSA) is 95.0 Å². The summed E-state index contributed by atoms with van der Waals surface area (Å²) in [4.78, 5) is 12.1. The maximum atomic E-state index is 5.90. The Morgan fingerprint density at radius 2 is 2.03 bits per heavy atom. The molecular weight excluding hydrogens is 386 g/mol. The fraction of sp³-hybridized carbons (Fsp3) is 0.500. The summed E-state index contributed by atoms with van der Waals surface area (Å²) in [5.41, 5.74) is 7.70. The first kappa shape index (κ1) is 18.5. The van der Waals surface area contributed by atoms with E-state index >= 15 is 0 Å². The van der Waals surface area contributed by atoms with E-state index in [-0.39, 0.29) is 12.1 Å². The van der Waals surface area contributed by atoms with Crippen LogP contribution in [-0.2, 0) is 4.74 Å². The molecule has 1 aliphatic heterocycles. The molecule has 4 atom stereocenters. The molecule has 1 saturated heterocycles. The Morgan fingerprint density at radius 3 is 2.76 bits per heavy atom. The average molecular weight is 412 g/mol. The summed E-state index contributed by atoms with van der Waals surface area (Å²) in [6.45, 7) is 3.91. The highest BCUT2D eigenvalue weighted by atomic mass is 32.1. The first-order valence-electron chi connectivity index (χ1n) is 9.95. The number of aromatic nitrogens is 5. The summed E-state index contributed by atoms with van der Waals surface area (Å²) in [7, 11) is 1.80. The van der Waals surface area contributed by atoms with E-state index in [1.165, 1.54) is 0 Å². The van der Waals surface area contributed by atoms with Crippen molar-refractivity contribution in [3.05, 3.63) is 35.5 Å². The highest BCUT2D eigenvalue weighted by Gasteiger charge is 2.44. The van der Waals surface area contributed by atoms with E-state index in [0.717, 1.165) is 48.0 Å². The molecule has 5 rings (SSSR count). The van der Waals surface area contributed by atoms with Crippen molar-refractivity contribution in [3.8, 4) is 10.6 Å². The van der Waals surface area contributed by atoms with Gasteiger partial charge in [0.2, 0.25) is 5.95 Å². The van der Waals surface area contributed by atoms with Gasteiger partial charge in [-0.2, -0.15) is 4.98 Å². The largest absolute Gasteiger partial charge is 0.379 e. The second-order valence-electron chi connectivity index (χ2n) is 8.02. The number of ether oxygens (including phenoxy) is 1. The quantitative estimate of drug-likeness (QED) is 0.705. The fourth-order valence-corrected chi connectivity index (χ4v) is 5.50. The number of methoxy groups -OCH3 is 1. The number of nitrogen functional groups attached to an aromatic ring is 1. The van der Waals surface area contributed by atoms with Gasteiger partial charge < -0.3 is 15.4 Å². The van der Waals surface area contributed by atoms with Crippen LogP contribution in [0.2, 0.25) is 0 Å². The fourth-order valence-electron chi connectivity index (χ4n) is 4.82. The van der Waals surface area contributed by atoms with Crippen molar-refractivity contribution >= 4 is 23.1 Å². The van der Waals surface area contributed by atoms with E-state index in [9.17, 15) is 0 Å². The third-order valence-electron chi connectivity index (χ3n) is 6.19. The number of nitrogens with two attached hydrogens (primary N) is 1. The van der Waals surface area contributed by atoms with Gasteiger partial charge in [0.1, 0.15) is 11.5 Å². The van der Waals surface area contributed by atoms with Gasteiger partial charge in [-0.25, -0.2) is 9.67 Å². The van der Waals surface area contributed by atoms with Gasteiger partial charge in [-0.05, 0) is 43.0 Å². The lowest BCUT2D eigenvalue weighted by atomic mass is 9.77. The second-order valence-corrected chi connectivity index (χ2v) is 8.97. The van der Waals surface area contributed by atoms with Gasteiger partial charge in [-0.3, -0.25) is 0 Å². The zero-order chi connectivity index (χ0) is 20.0. The van der Waals surface area contributed by atoms with Crippen molar-refractivity contribution in [3.63, 3.8) is 0 Å². The molecule has 4 heterocycles. The molecule has 2 aliphatic rings. The van der Waals surface area contributed by atoms with E-state index < -0.39 is 0 Å². The highest BCUT2D eigenvalue weighted by molar-refractivity contribution is 7.13. The van der Waals surface area contributed by atoms with E-state index in [1.807, 2.05) is 23.7 Å². The summed E-state index contributed by atoms with van der Waals surface area (Å²) in [5.74, 6) is 2.41. The van der Waals surface area contributed by atoms with Crippen molar-refractivity contribution in [2.24, 2.45) is 11.8 Å². The molecule has 3 aromatic heterocycles. The predicted octanol–water partition coefficient (Wildman–Crippen LogP) is 2.79. The van der Waals surface area contributed by atoms with Crippen molar-refractivity contribution in [2.75, 3.05) is 30.8 Å². The van der Waals surface area contributed by atoms with Gasteiger partial charge in [-0.15, -0.1) is 16.4 Å². The van der Waals surface area contributed by atoms with E-state index in [4.69, 9.17) is 10.5 Å². The predicted molar refractivity (Wildman–Crippen MR) is 113 cm³/mol. The molecule has 0 bridgehead atoms. The minimum absolute atomic E-state index is 0.131. The third-order valence-corrected chi connectivity index (χ3v) is 7.09. The molecule has 0 aromatic carbocycles. The SMILES string of the molecule is CO[C@@H]1C[C@H]2CN(c3cc(C)nc(N)n3)C[C@H]2C[C@H]1n1cc(-c2cccs2)nn1. The first-order chi connectivity index (χ1) is 14.1. The van der Waals surface area contributed by atoms with Gasteiger partial charge in [0, 0.05) is 32.0 Å². The lowest BCUT2D eigenvalue weighted by Gasteiger charge is -2.36. The summed E-state index contributed by atoms with van der Waals surface area (Å²) in [6, 6.07) is 6.33. The van der Waals surface area contributed by atoms with Crippen molar-refractivity contribution in [1.82, 2.24) is 25.0 Å². The molecule has 2 fully saturated rings. The van der Waals surface area contributed by atoms with Crippen molar-refractivity contribution in [2.45, 2.75) is 31.9 Å². The molecule has 0 unspecified atom stereocenters. The van der Waals surface area contributed by atoms with Crippen LogP contribution in [0.3, 0.4) is 0 Å². The summed E-state index contributed by atoms with van der Waals surface area (Å²) < 4.78 is 7.90. The number of anilines is 2. The standard InChI is InChI=1S/C20H25N7OS/c1-12-6-19(23-20(21)22-12)26-9-13-7-16(17(28-2)8-14(13)10-26)27-11-15(24-25-27)18-4-3-5-29-18/h3-6,11,13-14,16-17H,7-10H2,1-2H3,(H2,21,22,23)/t13-,14+,16-,17-/m1/s1. The van der Waals surface area contributed by atoms with Crippen molar-refractivity contribution < 1.29 is 4.74 Å². The molecule has 29 heavy (non-hydrogen) atoms. The van der Waals surface area contributed by atoms with Crippen LogP contribution in [0.15, 0.2) is 29.8 Å². The lowest BCUT2D eigenvalue weighted by molar-refractivity contribution is -0.00541. The number of aryl methyl sites for hydroxylation is 1. The zero-order valence-electron chi connectivity index (χ0n) is 16.6. The number of fused-ring (bicyclic) bond motifs is 1. The molecule has 1 saturated carbocycles. The molecule has 0 radical (unpaired) electrons. The number of hydrogen-bond donors (Lipinski definition) is 1. The smallest absolute Gasteiger partial charge is 0.222 e.